The normalized spacial score (nSPS) is 9.06. The number of hydrogen-bond acceptors (Lipinski definition) is 2. The van der Waals surface area contributed by atoms with E-state index in [0.29, 0.717) is 0 Å². The van der Waals surface area contributed by atoms with Crippen molar-refractivity contribution in [1.82, 2.24) is 5.32 Å². The maximum atomic E-state index is 4.91. The summed E-state index contributed by atoms with van der Waals surface area (Å²) in [5.74, 6) is 0.910. The van der Waals surface area contributed by atoms with Gasteiger partial charge in [0.1, 0.15) is 5.75 Å². The third-order valence-corrected chi connectivity index (χ3v) is 2.20. The summed E-state index contributed by atoms with van der Waals surface area (Å²) in [6, 6.07) is 20.0. The molecule has 0 aliphatic heterocycles. The van der Waals surface area contributed by atoms with Gasteiger partial charge in [-0.2, -0.15) is 0 Å². The van der Waals surface area contributed by atoms with E-state index in [9.17, 15) is 0 Å². The Hall–Kier alpha value is -1.80. The molecule has 0 saturated heterocycles. The fourth-order valence-corrected chi connectivity index (χ4v) is 1.36. The lowest BCUT2D eigenvalue weighted by molar-refractivity contribution is 0.415. The van der Waals surface area contributed by atoms with Crippen LogP contribution >= 0.6 is 0 Å². The van der Waals surface area contributed by atoms with Crippen LogP contribution in [0.25, 0.3) is 0 Å². The lowest BCUT2D eigenvalue weighted by Crippen LogP contribution is -2.04. The van der Waals surface area contributed by atoms with Crippen LogP contribution in [-0.4, -0.2) is 14.2 Å². The molecule has 2 aromatic rings. The SMILES string of the molecule is CNCc1ccccc1.COc1ccccc1. The average molecular weight is 229 g/mol. The predicted molar refractivity (Wildman–Crippen MR) is 72.2 cm³/mol. The molecule has 2 nitrogen and oxygen atoms in total. The summed E-state index contributed by atoms with van der Waals surface area (Å²) in [5, 5.41) is 3.08. The van der Waals surface area contributed by atoms with Crippen LogP contribution in [0.15, 0.2) is 60.7 Å². The molecule has 17 heavy (non-hydrogen) atoms. The minimum atomic E-state index is 0.910. The molecule has 2 aromatic carbocycles. The third kappa shape index (κ3) is 5.73. The van der Waals surface area contributed by atoms with Gasteiger partial charge in [-0.3, -0.25) is 0 Å². The van der Waals surface area contributed by atoms with Gasteiger partial charge >= 0.3 is 0 Å². The van der Waals surface area contributed by atoms with E-state index in [4.69, 9.17) is 4.74 Å². The van der Waals surface area contributed by atoms with Crippen molar-refractivity contribution in [3.05, 3.63) is 66.2 Å². The van der Waals surface area contributed by atoms with E-state index in [2.05, 4.69) is 17.4 Å². The van der Waals surface area contributed by atoms with Gasteiger partial charge in [0.25, 0.3) is 0 Å². The van der Waals surface area contributed by atoms with Gasteiger partial charge in [-0.1, -0.05) is 48.5 Å². The molecule has 0 fully saturated rings. The quantitative estimate of drug-likeness (QED) is 0.873. The van der Waals surface area contributed by atoms with E-state index in [-0.39, 0.29) is 0 Å². The number of nitrogens with one attached hydrogen (secondary N) is 1. The van der Waals surface area contributed by atoms with E-state index in [1.165, 1.54) is 5.56 Å². The first kappa shape index (κ1) is 13.3. The summed E-state index contributed by atoms with van der Waals surface area (Å²) in [7, 11) is 3.61. The first-order chi connectivity index (χ1) is 8.36. The van der Waals surface area contributed by atoms with E-state index >= 15 is 0 Å². The standard InChI is InChI=1S/C8H11N.C7H8O/c1-9-7-8-5-3-2-4-6-8;1-8-7-5-3-2-4-6-7/h2-6,9H,7H2,1H3;2-6H,1H3. The van der Waals surface area contributed by atoms with Gasteiger partial charge in [0, 0.05) is 6.54 Å². The van der Waals surface area contributed by atoms with E-state index < -0.39 is 0 Å². The minimum absolute atomic E-state index is 0.910. The molecular formula is C15H19NO. The minimum Gasteiger partial charge on any atom is -0.497 e. The van der Waals surface area contributed by atoms with Gasteiger partial charge < -0.3 is 10.1 Å². The van der Waals surface area contributed by atoms with Crippen LogP contribution in [0.3, 0.4) is 0 Å². The highest BCUT2D eigenvalue weighted by Gasteiger charge is 1.83. The van der Waals surface area contributed by atoms with E-state index in [0.717, 1.165) is 12.3 Å². The zero-order chi connectivity index (χ0) is 12.3. The van der Waals surface area contributed by atoms with Gasteiger partial charge in [-0.05, 0) is 24.7 Å². The summed E-state index contributed by atoms with van der Waals surface area (Å²) in [5.41, 5.74) is 1.33. The van der Waals surface area contributed by atoms with Crippen molar-refractivity contribution in [1.29, 1.82) is 0 Å². The molecule has 2 heteroatoms. The molecule has 0 aromatic heterocycles. The largest absolute Gasteiger partial charge is 0.497 e. The Morgan fingerprint density at radius 2 is 1.41 bits per heavy atom. The zero-order valence-electron chi connectivity index (χ0n) is 10.4. The van der Waals surface area contributed by atoms with Crippen molar-refractivity contribution in [2.24, 2.45) is 0 Å². The van der Waals surface area contributed by atoms with Crippen LogP contribution in [0, 0.1) is 0 Å². The number of benzene rings is 2. The maximum absolute atomic E-state index is 4.91. The number of methoxy groups -OCH3 is 1. The van der Waals surface area contributed by atoms with Gasteiger partial charge in [0.2, 0.25) is 0 Å². The molecule has 0 amide bonds. The van der Waals surface area contributed by atoms with Crippen molar-refractivity contribution in [2.45, 2.75) is 6.54 Å². The highest BCUT2D eigenvalue weighted by Crippen LogP contribution is 2.05. The third-order valence-electron chi connectivity index (χ3n) is 2.20. The first-order valence-corrected chi connectivity index (χ1v) is 5.64. The van der Waals surface area contributed by atoms with Crippen molar-refractivity contribution in [3.63, 3.8) is 0 Å². The van der Waals surface area contributed by atoms with Crippen molar-refractivity contribution in [2.75, 3.05) is 14.2 Å². The second-order valence-electron chi connectivity index (χ2n) is 3.53. The van der Waals surface area contributed by atoms with E-state index in [1.807, 2.05) is 55.6 Å². The summed E-state index contributed by atoms with van der Waals surface area (Å²) in [6.45, 7) is 0.959. The second-order valence-corrected chi connectivity index (χ2v) is 3.53. The molecule has 90 valence electrons. The van der Waals surface area contributed by atoms with Crippen LogP contribution in [0.2, 0.25) is 0 Å². The second kappa shape index (κ2) is 8.36. The van der Waals surface area contributed by atoms with Gasteiger partial charge in [0.15, 0.2) is 0 Å². The average Bonchev–Trinajstić information content (AvgIpc) is 2.42. The lowest BCUT2D eigenvalue weighted by Gasteiger charge is -1.95. The lowest BCUT2D eigenvalue weighted by atomic mass is 10.2. The predicted octanol–water partition coefficient (Wildman–Crippen LogP) is 3.10. The molecule has 0 atom stereocenters. The molecule has 0 heterocycles. The zero-order valence-corrected chi connectivity index (χ0v) is 10.4. The van der Waals surface area contributed by atoms with Crippen LogP contribution in [0.4, 0.5) is 0 Å². The molecule has 0 radical (unpaired) electrons. The van der Waals surface area contributed by atoms with E-state index in [1.54, 1.807) is 7.11 Å². The molecule has 0 aliphatic carbocycles. The molecular weight excluding hydrogens is 210 g/mol. The summed E-state index contributed by atoms with van der Waals surface area (Å²) >= 11 is 0. The van der Waals surface area contributed by atoms with Crippen molar-refractivity contribution >= 4 is 0 Å². The highest BCUT2D eigenvalue weighted by atomic mass is 16.5. The summed E-state index contributed by atoms with van der Waals surface area (Å²) < 4.78 is 4.91. The van der Waals surface area contributed by atoms with Crippen molar-refractivity contribution < 1.29 is 4.74 Å². The fraction of sp³-hybridized carbons (Fsp3) is 0.200. The molecule has 1 N–H and O–H groups in total. The van der Waals surface area contributed by atoms with Gasteiger partial charge in [0.05, 0.1) is 7.11 Å². The Kier molecular flexibility index (Phi) is 6.53. The Labute approximate surface area is 103 Å². The monoisotopic (exact) mass is 229 g/mol. The smallest absolute Gasteiger partial charge is 0.118 e. The molecule has 0 aliphatic rings. The Bertz CT molecular complexity index is 386. The molecule has 0 spiro atoms. The number of ether oxygens (including phenoxy) is 1. The topological polar surface area (TPSA) is 21.3 Å². The Balaban J connectivity index is 0.000000171. The van der Waals surface area contributed by atoms with Gasteiger partial charge in [-0.25, -0.2) is 0 Å². The van der Waals surface area contributed by atoms with Crippen LogP contribution < -0.4 is 10.1 Å². The maximum Gasteiger partial charge on any atom is 0.118 e. The fourth-order valence-electron chi connectivity index (χ4n) is 1.36. The van der Waals surface area contributed by atoms with Crippen molar-refractivity contribution in [3.8, 4) is 5.75 Å². The summed E-state index contributed by atoms with van der Waals surface area (Å²) in [6.07, 6.45) is 0. The number of rotatable bonds is 3. The Morgan fingerprint density at radius 3 is 1.82 bits per heavy atom. The highest BCUT2D eigenvalue weighted by molar-refractivity contribution is 5.20. The number of hydrogen-bond donors (Lipinski definition) is 1. The molecule has 0 bridgehead atoms. The number of para-hydroxylation sites is 1. The van der Waals surface area contributed by atoms with Crippen LogP contribution in [0.5, 0.6) is 5.75 Å². The van der Waals surface area contributed by atoms with Crippen LogP contribution in [0.1, 0.15) is 5.56 Å². The van der Waals surface area contributed by atoms with Gasteiger partial charge in [-0.15, -0.1) is 0 Å². The molecule has 0 unspecified atom stereocenters. The summed E-state index contributed by atoms with van der Waals surface area (Å²) in [4.78, 5) is 0. The first-order valence-electron chi connectivity index (χ1n) is 5.64. The van der Waals surface area contributed by atoms with Crippen LogP contribution in [-0.2, 0) is 6.54 Å². The molecule has 2 rings (SSSR count). The Morgan fingerprint density at radius 1 is 0.882 bits per heavy atom. The molecule has 0 saturated carbocycles.